The summed E-state index contributed by atoms with van der Waals surface area (Å²) in [6.07, 6.45) is -4.54. The number of amides is 2. The Bertz CT molecular complexity index is 1860. The van der Waals surface area contributed by atoms with Crippen LogP contribution in [0.25, 0.3) is 0 Å². The average Bonchev–Trinajstić information content (AvgIpc) is 3.08. The Kier molecular flexibility index (Phi) is 10.4. The van der Waals surface area contributed by atoms with Gasteiger partial charge in [-0.3, -0.25) is 9.59 Å². The fraction of sp³-hybridized carbons (Fsp3) is 0.108. The van der Waals surface area contributed by atoms with Crippen LogP contribution in [-0.4, -0.2) is 34.4 Å². The van der Waals surface area contributed by atoms with E-state index in [1.54, 1.807) is 72.8 Å². The smallest absolute Gasteiger partial charge is 0.416 e. The molecular weight excluding hydrogens is 625 g/mol. The number of carbonyl (C=O) groups is 3. The van der Waals surface area contributed by atoms with Gasteiger partial charge in [0, 0.05) is 36.0 Å². The third-order valence-electron chi connectivity index (χ3n) is 7.07. The zero-order valence-corrected chi connectivity index (χ0v) is 25.3. The topological polar surface area (TPSA) is 105 Å². The third kappa shape index (κ3) is 9.23. The standard InChI is InChI=1S/C37H29F3N2O6/c38-37(39,40)29-17-15-28(16-18-29)36(46)42(23-26-11-19-31(20-12-26)47-24-34(43)44)22-25-9-13-27(14-10-25)35(45)41-30-5-4-8-33(21-30)48-32-6-2-1-3-7-32/h1-21H,22-24H2,(H,41,45)(H,43,44). The number of aliphatic carboxylic acids is 1. The summed E-state index contributed by atoms with van der Waals surface area (Å²) in [6.45, 7) is -0.346. The zero-order valence-electron chi connectivity index (χ0n) is 25.3. The fourth-order valence-corrected chi connectivity index (χ4v) is 4.69. The van der Waals surface area contributed by atoms with E-state index in [4.69, 9.17) is 14.6 Å². The van der Waals surface area contributed by atoms with Crippen LogP contribution >= 0.6 is 0 Å². The molecular formula is C37H29F3N2O6. The van der Waals surface area contributed by atoms with Gasteiger partial charge in [-0.05, 0) is 83.9 Å². The summed E-state index contributed by atoms with van der Waals surface area (Å²) < 4.78 is 50.4. The minimum Gasteiger partial charge on any atom is -0.482 e. The Morgan fingerprint density at radius 3 is 1.85 bits per heavy atom. The summed E-state index contributed by atoms with van der Waals surface area (Å²) in [5.41, 5.74) is 1.44. The van der Waals surface area contributed by atoms with Crippen molar-refractivity contribution in [2.24, 2.45) is 0 Å². The Balaban J connectivity index is 1.29. The number of carbonyl (C=O) groups excluding carboxylic acids is 2. The fourth-order valence-electron chi connectivity index (χ4n) is 4.69. The molecule has 0 unspecified atom stereocenters. The van der Waals surface area contributed by atoms with E-state index in [0.717, 1.165) is 24.3 Å². The van der Waals surface area contributed by atoms with Crippen LogP contribution in [0, 0.1) is 0 Å². The first-order valence-corrected chi connectivity index (χ1v) is 14.7. The predicted molar refractivity (Wildman–Crippen MR) is 172 cm³/mol. The molecule has 0 radical (unpaired) electrons. The summed E-state index contributed by atoms with van der Waals surface area (Å²) in [6, 6.07) is 33.3. The number of carboxylic acids is 1. The van der Waals surface area contributed by atoms with Gasteiger partial charge in [0.15, 0.2) is 6.61 Å². The van der Waals surface area contributed by atoms with E-state index in [9.17, 15) is 27.6 Å². The van der Waals surface area contributed by atoms with E-state index < -0.39 is 30.2 Å². The van der Waals surface area contributed by atoms with Gasteiger partial charge in [-0.25, -0.2) is 4.79 Å². The number of hydrogen-bond donors (Lipinski definition) is 2. The number of rotatable bonds is 12. The molecule has 0 aliphatic carbocycles. The van der Waals surface area contributed by atoms with Crippen molar-refractivity contribution in [3.63, 3.8) is 0 Å². The van der Waals surface area contributed by atoms with E-state index in [1.165, 1.54) is 4.90 Å². The molecule has 0 spiro atoms. The van der Waals surface area contributed by atoms with Gasteiger partial charge in [0.05, 0.1) is 5.56 Å². The van der Waals surface area contributed by atoms with Crippen LogP contribution in [0.5, 0.6) is 17.2 Å². The van der Waals surface area contributed by atoms with Crippen LogP contribution in [0.4, 0.5) is 18.9 Å². The van der Waals surface area contributed by atoms with E-state index in [2.05, 4.69) is 5.32 Å². The molecule has 244 valence electrons. The van der Waals surface area contributed by atoms with Crippen molar-refractivity contribution in [1.82, 2.24) is 4.90 Å². The molecule has 0 saturated carbocycles. The lowest BCUT2D eigenvalue weighted by molar-refractivity contribution is -0.139. The van der Waals surface area contributed by atoms with Crippen molar-refractivity contribution >= 4 is 23.5 Å². The molecule has 48 heavy (non-hydrogen) atoms. The SMILES string of the molecule is O=C(O)COc1ccc(CN(Cc2ccc(C(=O)Nc3cccc(Oc4ccccc4)c3)cc2)C(=O)c2ccc(C(F)(F)F)cc2)cc1. The molecule has 0 aliphatic heterocycles. The van der Waals surface area contributed by atoms with Crippen LogP contribution in [0.2, 0.25) is 0 Å². The number of halogens is 3. The van der Waals surface area contributed by atoms with Crippen molar-refractivity contribution in [3.8, 4) is 17.2 Å². The third-order valence-corrected chi connectivity index (χ3v) is 7.07. The first kappa shape index (κ1) is 33.3. The van der Waals surface area contributed by atoms with Crippen LogP contribution in [0.3, 0.4) is 0 Å². The summed E-state index contributed by atoms with van der Waals surface area (Å²) in [7, 11) is 0. The highest BCUT2D eigenvalue weighted by Crippen LogP contribution is 2.30. The van der Waals surface area contributed by atoms with Crippen LogP contribution in [0.15, 0.2) is 127 Å². The van der Waals surface area contributed by atoms with Gasteiger partial charge in [-0.1, -0.05) is 48.5 Å². The maximum Gasteiger partial charge on any atom is 0.416 e. The Morgan fingerprint density at radius 1 is 0.667 bits per heavy atom. The van der Waals surface area contributed by atoms with Gasteiger partial charge in [-0.2, -0.15) is 13.2 Å². The molecule has 0 bridgehead atoms. The van der Waals surface area contributed by atoms with Crippen molar-refractivity contribution in [3.05, 3.63) is 155 Å². The molecule has 5 aromatic carbocycles. The quantitative estimate of drug-likeness (QED) is 0.141. The molecule has 0 aromatic heterocycles. The molecule has 5 rings (SSSR count). The molecule has 0 saturated heterocycles. The summed E-state index contributed by atoms with van der Waals surface area (Å²) in [5.74, 6) is -0.459. The van der Waals surface area contributed by atoms with Gasteiger partial charge in [0.25, 0.3) is 11.8 Å². The van der Waals surface area contributed by atoms with Crippen LogP contribution in [-0.2, 0) is 24.1 Å². The largest absolute Gasteiger partial charge is 0.482 e. The predicted octanol–water partition coefficient (Wildman–Crippen LogP) is 8.06. The molecule has 8 nitrogen and oxygen atoms in total. The van der Waals surface area contributed by atoms with E-state index >= 15 is 0 Å². The molecule has 2 amide bonds. The van der Waals surface area contributed by atoms with E-state index in [1.807, 2.05) is 30.3 Å². The minimum absolute atomic E-state index is 0.0684. The summed E-state index contributed by atoms with van der Waals surface area (Å²) >= 11 is 0. The van der Waals surface area contributed by atoms with Gasteiger partial charge in [-0.15, -0.1) is 0 Å². The number of ether oxygens (including phenoxy) is 2. The highest BCUT2D eigenvalue weighted by atomic mass is 19.4. The molecule has 0 atom stereocenters. The normalized spacial score (nSPS) is 11.0. The monoisotopic (exact) mass is 654 g/mol. The number of hydrogen-bond acceptors (Lipinski definition) is 5. The maximum atomic E-state index is 13.6. The maximum absolute atomic E-state index is 13.6. The number of alkyl halides is 3. The van der Waals surface area contributed by atoms with Crippen molar-refractivity contribution < 1.29 is 42.1 Å². The van der Waals surface area contributed by atoms with Crippen molar-refractivity contribution in [2.75, 3.05) is 11.9 Å². The van der Waals surface area contributed by atoms with Gasteiger partial charge in [0.1, 0.15) is 17.2 Å². The number of nitrogens with zero attached hydrogens (tertiary/aromatic N) is 1. The lowest BCUT2D eigenvalue weighted by atomic mass is 10.1. The lowest BCUT2D eigenvalue weighted by Gasteiger charge is -2.24. The Morgan fingerprint density at radius 2 is 1.25 bits per heavy atom. The van der Waals surface area contributed by atoms with Gasteiger partial charge in [0.2, 0.25) is 0 Å². The van der Waals surface area contributed by atoms with Crippen LogP contribution in [0.1, 0.15) is 37.4 Å². The number of para-hydroxylation sites is 1. The number of carboxylic acid groups (broad SMARTS) is 1. The second-order valence-corrected chi connectivity index (χ2v) is 10.7. The highest BCUT2D eigenvalue weighted by Gasteiger charge is 2.30. The summed E-state index contributed by atoms with van der Waals surface area (Å²) in [5, 5.41) is 11.7. The number of anilines is 1. The molecule has 0 heterocycles. The number of benzene rings is 5. The van der Waals surface area contributed by atoms with Gasteiger partial charge >= 0.3 is 12.1 Å². The Labute approximate surface area is 274 Å². The first-order chi connectivity index (χ1) is 23.0. The van der Waals surface area contributed by atoms with Crippen molar-refractivity contribution in [1.29, 1.82) is 0 Å². The van der Waals surface area contributed by atoms with E-state index in [-0.39, 0.29) is 24.6 Å². The van der Waals surface area contributed by atoms with Gasteiger partial charge < -0.3 is 24.8 Å². The molecule has 2 N–H and O–H groups in total. The summed E-state index contributed by atoms with van der Waals surface area (Å²) in [4.78, 5) is 38.8. The van der Waals surface area contributed by atoms with E-state index in [0.29, 0.717) is 39.6 Å². The molecule has 5 aromatic rings. The first-order valence-electron chi connectivity index (χ1n) is 14.7. The molecule has 0 aliphatic rings. The lowest BCUT2D eigenvalue weighted by Crippen LogP contribution is -2.30. The molecule has 0 fully saturated rings. The van der Waals surface area contributed by atoms with Crippen molar-refractivity contribution in [2.45, 2.75) is 19.3 Å². The average molecular weight is 655 g/mol. The highest BCUT2D eigenvalue weighted by molar-refractivity contribution is 6.04. The second kappa shape index (κ2) is 15.0. The zero-order chi connectivity index (χ0) is 34.1. The number of nitrogens with one attached hydrogen (secondary N) is 1. The minimum atomic E-state index is -4.54. The second-order valence-electron chi connectivity index (χ2n) is 10.7. The Hall–Kier alpha value is -6.10. The molecule has 11 heteroatoms. The van der Waals surface area contributed by atoms with Crippen LogP contribution < -0.4 is 14.8 Å².